The van der Waals surface area contributed by atoms with Gasteiger partial charge in [-0.2, -0.15) is 5.10 Å². The summed E-state index contributed by atoms with van der Waals surface area (Å²) in [7, 11) is 0. The SMILES string of the molecule is CCc1nn(-c2ccc(F)cc2F)c(Cl)c1CO. The molecule has 0 aliphatic heterocycles. The number of aliphatic hydroxyl groups excluding tert-OH is 1. The van der Waals surface area contributed by atoms with E-state index in [2.05, 4.69) is 5.10 Å². The van der Waals surface area contributed by atoms with Gasteiger partial charge >= 0.3 is 0 Å². The number of hydrogen-bond acceptors (Lipinski definition) is 2. The third kappa shape index (κ3) is 2.11. The van der Waals surface area contributed by atoms with E-state index in [0.29, 0.717) is 17.7 Å². The van der Waals surface area contributed by atoms with Crippen LogP contribution in [0.5, 0.6) is 0 Å². The Hall–Kier alpha value is -1.46. The molecule has 96 valence electrons. The highest BCUT2D eigenvalue weighted by atomic mass is 35.5. The Labute approximate surface area is 108 Å². The average Bonchev–Trinajstić information content (AvgIpc) is 2.66. The van der Waals surface area contributed by atoms with Crippen molar-refractivity contribution in [3.05, 3.63) is 46.2 Å². The third-order valence-corrected chi connectivity index (χ3v) is 3.02. The molecular formula is C12H11ClF2N2O. The minimum Gasteiger partial charge on any atom is -0.391 e. The number of nitrogens with zero attached hydrogens (tertiary/aromatic N) is 2. The van der Waals surface area contributed by atoms with E-state index in [1.54, 1.807) is 0 Å². The lowest BCUT2D eigenvalue weighted by molar-refractivity contribution is 0.281. The maximum Gasteiger partial charge on any atom is 0.151 e. The van der Waals surface area contributed by atoms with Gasteiger partial charge in [0.2, 0.25) is 0 Å². The first-order valence-corrected chi connectivity index (χ1v) is 5.78. The Balaban J connectivity index is 2.60. The fourth-order valence-electron chi connectivity index (χ4n) is 1.73. The molecule has 0 aliphatic carbocycles. The molecule has 0 radical (unpaired) electrons. The number of hydrogen-bond donors (Lipinski definition) is 1. The topological polar surface area (TPSA) is 38.0 Å². The van der Waals surface area contributed by atoms with Gasteiger partial charge < -0.3 is 5.11 Å². The van der Waals surface area contributed by atoms with E-state index in [-0.39, 0.29) is 17.4 Å². The molecule has 3 nitrogen and oxygen atoms in total. The molecule has 2 aromatic rings. The summed E-state index contributed by atoms with van der Waals surface area (Å²) >= 11 is 6.03. The summed E-state index contributed by atoms with van der Waals surface area (Å²) in [6, 6.07) is 3.14. The highest BCUT2D eigenvalue weighted by Crippen LogP contribution is 2.25. The molecule has 1 N–H and O–H groups in total. The number of rotatable bonds is 3. The predicted molar refractivity (Wildman–Crippen MR) is 63.8 cm³/mol. The molecule has 1 heterocycles. The average molecular weight is 273 g/mol. The standard InChI is InChI=1S/C12H11ClF2N2O/c1-2-10-8(6-18)12(13)17(16-10)11-4-3-7(14)5-9(11)15/h3-5,18H,2,6H2,1H3. The molecule has 1 aromatic heterocycles. The molecular weight excluding hydrogens is 262 g/mol. The first-order chi connectivity index (χ1) is 8.58. The van der Waals surface area contributed by atoms with Crippen molar-refractivity contribution < 1.29 is 13.9 Å². The van der Waals surface area contributed by atoms with Gasteiger partial charge in [0, 0.05) is 11.6 Å². The molecule has 0 aliphatic rings. The van der Waals surface area contributed by atoms with Crippen LogP contribution in [0.15, 0.2) is 18.2 Å². The summed E-state index contributed by atoms with van der Waals surface area (Å²) in [6.07, 6.45) is 0.561. The maximum atomic E-state index is 13.6. The van der Waals surface area contributed by atoms with Crippen molar-refractivity contribution >= 4 is 11.6 Å². The zero-order valence-corrected chi connectivity index (χ0v) is 10.4. The van der Waals surface area contributed by atoms with Crippen molar-refractivity contribution in [2.75, 3.05) is 0 Å². The molecule has 0 saturated heterocycles. The lowest BCUT2D eigenvalue weighted by atomic mass is 10.2. The summed E-state index contributed by atoms with van der Waals surface area (Å²) in [5.41, 5.74) is 1.10. The zero-order valence-electron chi connectivity index (χ0n) is 9.62. The van der Waals surface area contributed by atoms with Crippen LogP contribution in [0.1, 0.15) is 18.2 Å². The van der Waals surface area contributed by atoms with Crippen molar-refractivity contribution in [2.45, 2.75) is 20.0 Å². The van der Waals surface area contributed by atoms with Crippen LogP contribution in [0.4, 0.5) is 8.78 Å². The van der Waals surface area contributed by atoms with E-state index in [0.717, 1.165) is 12.1 Å². The van der Waals surface area contributed by atoms with E-state index >= 15 is 0 Å². The molecule has 18 heavy (non-hydrogen) atoms. The van der Waals surface area contributed by atoms with Gasteiger partial charge in [-0.25, -0.2) is 13.5 Å². The Morgan fingerprint density at radius 3 is 2.61 bits per heavy atom. The highest BCUT2D eigenvalue weighted by molar-refractivity contribution is 6.30. The molecule has 0 amide bonds. The molecule has 0 fully saturated rings. The monoisotopic (exact) mass is 272 g/mol. The number of aryl methyl sites for hydroxylation is 1. The smallest absolute Gasteiger partial charge is 0.151 e. The van der Waals surface area contributed by atoms with Gasteiger partial charge in [-0.1, -0.05) is 18.5 Å². The first kappa shape index (κ1) is 13.0. The molecule has 0 saturated carbocycles. The largest absolute Gasteiger partial charge is 0.391 e. The quantitative estimate of drug-likeness (QED) is 0.933. The fraction of sp³-hybridized carbons (Fsp3) is 0.250. The van der Waals surface area contributed by atoms with Gasteiger partial charge in [-0.15, -0.1) is 0 Å². The summed E-state index contributed by atoms with van der Waals surface area (Å²) in [6.45, 7) is 1.58. The second kappa shape index (κ2) is 5.04. The van der Waals surface area contributed by atoms with E-state index in [9.17, 15) is 13.9 Å². The summed E-state index contributed by atoms with van der Waals surface area (Å²) in [5.74, 6) is -1.43. The van der Waals surface area contributed by atoms with Crippen molar-refractivity contribution in [3.8, 4) is 5.69 Å². The Kier molecular flexibility index (Phi) is 3.63. The van der Waals surface area contributed by atoms with Crippen LogP contribution in [0.2, 0.25) is 5.15 Å². The molecule has 0 bridgehead atoms. The van der Waals surface area contributed by atoms with Crippen LogP contribution in [0, 0.1) is 11.6 Å². The van der Waals surface area contributed by atoms with Crippen molar-refractivity contribution in [3.63, 3.8) is 0 Å². The lowest BCUT2D eigenvalue weighted by Crippen LogP contribution is -2.01. The van der Waals surface area contributed by atoms with Crippen LogP contribution in [0.3, 0.4) is 0 Å². The van der Waals surface area contributed by atoms with E-state index in [1.807, 2.05) is 6.92 Å². The summed E-state index contributed by atoms with van der Waals surface area (Å²) in [5, 5.41) is 13.5. The number of benzene rings is 1. The third-order valence-electron chi connectivity index (χ3n) is 2.63. The lowest BCUT2D eigenvalue weighted by Gasteiger charge is -2.04. The van der Waals surface area contributed by atoms with Gasteiger partial charge in [-0.05, 0) is 18.6 Å². The first-order valence-electron chi connectivity index (χ1n) is 5.41. The number of halogens is 3. The summed E-state index contributed by atoms with van der Waals surface area (Å²) in [4.78, 5) is 0. The Morgan fingerprint density at radius 1 is 1.39 bits per heavy atom. The second-order valence-electron chi connectivity index (χ2n) is 3.74. The van der Waals surface area contributed by atoms with Crippen molar-refractivity contribution in [2.24, 2.45) is 0 Å². The molecule has 1 aromatic carbocycles. The molecule has 2 rings (SSSR count). The fourth-order valence-corrected chi connectivity index (χ4v) is 2.02. The molecule has 0 atom stereocenters. The molecule has 0 unspecified atom stereocenters. The van der Waals surface area contributed by atoms with Crippen molar-refractivity contribution in [1.29, 1.82) is 0 Å². The zero-order chi connectivity index (χ0) is 13.3. The Bertz CT molecular complexity index is 584. The van der Waals surface area contributed by atoms with Gasteiger partial charge in [0.1, 0.15) is 16.7 Å². The van der Waals surface area contributed by atoms with Crippen LogP contribution in [-0.4, -0.2) is 14.9 Å². The van der Waals surface area contributed by atoms with Gasteiger partial charge in [0.25, 0.3) is 0 Å². The summed E-state index contributed by atoms with van der Waals surface area (Å²) < 4.78 is 27.6. The maximum absolute atomic E-state index is 13.6. The molecule has 0 spiro atoms. The van der Waals surface area contributed by atoms with Crippen LogP contribution >= 0.6 is 11.6 Å². The van der Waals surface area contributed by atoms with Gasteiger partial charge in [-0.3, -0.25) is 0 Å². The second-order valence-corrected chi connectivity index (χ2v) is 4.09. The van der Waals surface area contributed by atoms with Crippen molar-refractivity contribution in [1.82, 2.24) is 9.78 Å². The number of aromatic nitrogens is 2. The normalized spacial score (nSPS) is 10.9. The van der Waals surface area contributed by atoms with Gasteiger partial charge in [0.15, 0.2) is 5.82 Å². The van der Waals surface area contributed by atoms with E-state index < -0.39 is 11.6 Å². The van der Waals surface area contributed by atoms with E-state index in [1.165, 1.54) is 10.7 Å². The predicted octanol–water partition coefficient (Wildman–Crippen LogP) is 2.86. The van der Waals surface area contributed by atoms with Crippen LogP contribution < -0.4 is 0 Å². The minimum absolute atomic E-state index is 0.0517. The molecule has 6 heteroatoms. The van der Waals surface area contributed by atoms with E-state index in [4.69, 9.17) is 11.6 Å². The van der Waals surface area contributed by atoms with Crippen LogP contribution in [-0.2, 0) is 13.0 Å². The van der Waals surface area contributed by atoms with Gasteiger partial charge in [0.05, 0.1) is 12.3 Å². The van der Waals surface area contributed by atoms with Crippen LogP contribution in [0.25, 0.3) is 5.69 Å². The minimum atomic E-state index is -0.758. The highest BCUT2D eigenvalue weighted by Gasteiger charge is 2.17. The Morgan fingerprint density at radius 2 is 2.11 bits per heavy atom. The number of aliphatic hydroxyl groups is 1.